The summed E-state index contributed by atoms with van der Waals surface area (Å²) in [6, 6.07) is 0. The van der Waals surface area contributed by atoms with E-state index < -0.39 is 15.7 Å². The molecule has 6 nitrogen and oxygen atoms in total. The molecule has 0 rings (SSSR count). The predicted molar refractivity (Wildman–Crippen MR) is 19.4 cm³/mol. The van der Waals surface area contributed by atoms with Crippen molar-refractivity contribution in [2.45, 2.75) is 0 Å². The zero-order chi connectivity index (χ0) is 6.28. The number of rotatable bonds is 0. The maximum absolute atomic E-state index is 8.78. The Morgan fingerprint density at radius 2 is 1.33 bits per heavy atom. The van der Waals surface area contributed by atoms with E-state index in [2.05, 4.69) is 0 Å². The number of nitrogens with zero attached hydrogens (tertiary/aromatic N) is 1. The third-order valence-electron chi connectivity index (χ3n) is 0. The van der Waals surface area contributed by atoms with E-state index in [1.54, 1.807) is 0 Å². The Balaban J connectivity index is -0.0000000233. The molecule has 0 aliphatic heterocycles. The average Bonchev–Trinajstić information content (AvgIpc) is 1.33. The summed E-state index contributed by atoms with van der Waals surface area (Å²) < 4.78 is 23.2. The van der Waals surface area contributed by atoms with Gasteiger partial charge in [-0.1, -0.05) is 0 Å². The van der Waals surface area contributed by atoms with Crippen LogP contribution in [0.5, 0.6) is 0 Å². The second-order valence-corrected chi connectivity index (χ2v) is 1.39. The minimum absolute atomic E-state index is 0. The summed E-state index contributed by atoms with van der Waals surface area (Å²) in [7, 11) is 0. The molecule has 0 fully saturated rings. The van der Waals surface area contributed by atoms with Crippen LogP contribution in [0, 0.1) is 10.1 Å². The normalized spacial score (nSPS) is 5.33. The van der Waals surface area contributed by atoms with Crippen LogP contribution in [-0.4, -0.2) is 23.9 Å². The van der Waals surface area contributed by atoms with Crippen LogP contribution >= 0.6 is 0 Å². The fourth-order valence-electron chi connectivity index (χ4n) is 0. The monoisotopic (exact) mass is 217 g/mol. The molecule has 0 unspecified atom stereocenters. The molecule has 0 heterocycles. The van der Waals surface area contributed by atoms with Crippen molar-refractivity contribution < 1.29 is 71.4 Å². The molecule has 0 aromatic heterocycles. The predicted octanol–water partition coefficient (Wildman–Crippen LogP) is -8.43. The van der Waals surface area contributed by atoms with E-state index in [4.69, 9.17) is 22.4 Å². The van der Waals surface area contributed by atoms with Gasteiger partial charge >= 0.3 is 87.1 Å². The van der Waals surface area contributed by atoms with Gasteiger partial charge in [0.15, 0.2) is 0 Å². The van der Waals surface area contributed by atoms with Crippen LogP contribution in [0.1, 0.15) is 0 Å². The molecule has 9 heteroatoms. The molecular weight excluding hydrogens is 215 g/mol. The molecule has 0 aliphatic carbocycles. The van der Waals surface area contributed by atoms with Crippen LogP contribution in [0.2, 0.25) is 0 Å². The zero-order valence-corrected chi connectivity index (χ0v) is 10.9. The van der Waals surface area contributed by atoms with Gasteiger partial charge in [0.1, 0.15) is 0 Å². The molecule has 0 amide bonds. The van der Waals surface area contributed by atoms with Gasteiger partial charge in [-0.25, -0.2) is 0 Å². The average molecular weight is 217 g/mol. The van der Waals surface area contributed by atoms with Crippen molar-refractivity contribution in [3.05, 3.63) is 10.1 Å². The van der Waals surface area contributed by atoms with E-state index in [0.29, 0.717) is 0 Å². The maximum atomic E-state index is 8.78. The molecule has 0 bridgehead atoms. The van der Waals surface area contributed by atoms with E-state index in [-0.39, 0.29) is 59.1 Å². The van der Waals surface area contributed by atoms with Gasteiger partial charge < -0.3 is 10.1 Å². The molecule has 0 radical (unpaired) electrons. The topological polar surface area (TPSA) is 116 Å². The summed E-state index contributed by atoms with van der Waals surface area (Å²) in [6.45, 7) is 0. The minimum atomic E-state index is -3.44. The Labute approximate surface area is 101 Å². The Morgan fingerprint density at radius 3 is 1.33 bits per heavy atom. The van der Waals surface area contributed by atoms with Crippen molar-refractivity contribution in [3.63, 3.8) is 0 Å². The summed E-state index contributed by atoms with van der Waals surface area (Å²) in [4.78, 5) is 8.00. The number of hydrogen-bond donors (Lipinski definition) is 2. The Kier molecular flexibility index (Phi) is 56.2. The third kappa shape index (κ3) is 179. The summed E-state index contributed by atoms with van der Waals surface area (Å²) in [6.07, 6.45) is 0. The standard InChI is InChI=1S/AsH2O3.HNO2.2Na/c2-1(3)4;2-1-3;;/h2-3H;(H,2,3);;/q-1;;2*+1/p-1. The van der Waals surface area contributed by atoms with Crippen LogP contribution in [0.15, 0.2) is 5.34 Å². The first-order valence-electron chi connectivity index (χ1n) is 0.948. The van der Waals surface area contributed by atoms with Gasteiger partial charge in [0.2, 0.25) is 0 Å². The van der Waals surface area contributed by atoms with Crippen LogP contribution in [0.25, 0.3) is 0 Å². The molecule has 0 saturated heterocycles. The fraction of sp³-hybridized carbons (Fsp3) is 0. The van der Waals surface area contributed by atoms with Crippen LogP contribution < -0.4 is 63.2 Å². The van der Waals surface area contributed by atoms with Gasteiger partial charge in [0.25, 0.3) is 0 Å². The molecule has 2 N–H and O–H groups in total. The van der Waals surface area contributed by atoms with Crippen LogP contribution in [0.4, 0.5) is 0 Å². The van der Waals surface area contributed by atoms with Gasteiger partial charge in [-0.15, -0.1) is 5.34 Å². The molecule has 9 heavy (non-hydrogen) atoms. The molecular formula is H2AsNNa2O5. The number of hydrogen-bond acceptors (Lipinski definition) is 6. The summed E-state index contributed by atoms with van der Waals surface area (Å²) >= 11 is -3.44. The third-order valence-corrected chi connectivity index (χ3v) is 0. The zero-order valence-electron chi connectivity index (χ0n) is 5.01. The molecule has 0 saturated carbocycles. The van der Waals surface area contributed by atoms with Crippen LogP contribution in [0.3, 0.4) is 0 Å². The fourth-order valence-corrected chi connectivity index (χ4v) is 0. The SMILES string of the molecule is O=N[O-].[Na+].[Na+].[O-][As](O)O. The van der Waals surface area contributed by atoms with Gasteiger partial charge in [0.05, 0.1) is 0 Å². The Hall–Kier alpha value is 1.84. The summed E-state index contributed by atoms with van der Waals surface area (Å²) in [5.74, 6) is 0. The van der Waals surface area contributed by atoms with E-state index in [1.165, 1.54) is 0 Å². The first kappa shape index (κ1) is 22.4. The van der Waals surface area contributed by atoms with Gasteiger partial charge in [-0.05, 0) is 0 Å². The van der Waals surface area contributed by atoms with Gasteiger partial charge in [0, 0.05) is 0 Å². The Bertz CT molecular complexity index is 39.2. The summed E-state index contributed by atoms with van der Waals surface area (Å²) in [5.41, 5.74) is 0. The molecule has 0 spiro atoms. The first-order valence-corrected chi connectivity index (χ1v) is 3.39. The van der Waals surface area contributed by atoms with Crippen molar-refractivity contribution >= 4 is 15.7 Å². The van der Waals surface area contributed by atoms with E-state index in [9.17, 15) is 0 Å². The molecule has 0 aromatic carbocycles. The second kappa shape index (κ2) is 22.5. The molecule has 0 aromatic rings. The second-order valence-electron chi connectivity index (χ2n) is 0.327. The molecule has 44 valence electrons. The van der Waals surface area contributed by atoms with E-state index >= 15 is 0 Å². The molecule has 0 aliphatic rings. The Morgan fingerprint density at radius 1 is 1.33 bits per heavy atom. The van der Waals surface area contributed by atoms with Crippen molar-refractivity contribution in [2.24, 2.45) is 5.34 Å². The van der Waals surface area contributed by atoms with Crippen molar-refractivity contribution in [1.82, 2.24) is 0 Å². The molecule has 0 atom stereocenters. The van der Waals surface area contributed by atoms with E-state index in [0.717, 1.165) is 5.34 Å². The van der Waals surface area contributed by atoms with Crippen molar-refractivity contribution in [1.29, 1.82) is 0 Å². The van der Waals surface area contributed by atoms with E-state index in [1.807, 2.05) is 0 Å². The van der Waals surface area contributed by atoms with Crippen LogP contribution in [-0.2, 0) is 0 Å². The van der Waals surface area contributed by atoms with Crippen molar-refractivity contribution in [2.75, 3.05) is 0 Å². The van der Waals surface area contributed by atoms with Crippen molar-refractivity contribution in [3.8, 4) is 0 Å². The van der Waals surface area contributed by atoms with Gasteiger partial charge in [-0.3, -0.25) is 0 Å². The summed E-state index contributed by atoms with van der Waals surface area (Å²) in [5, 5.41) is 9.00. The first-order chi connectivity index (χ1) is 3.15. The van der Waals surface area contributed by atoms with Gasteiger partial charge in [-0.2, -0.15) is 0 Å². The quantitative estimate of drug-likeness (QED) is 0.237.